The molecule has 2 fully saturated rings. The van der Waals surface area contributed by atoms with Gasteiger partial charge >= 0.3 is 0 Å². The van der Waals surface area contributed by atoms with Crippen molar-refractivity contribution in [1.82, 2.24) is 14.7 Å². The van der Waals surface area contributed by atoms with Crippen LogP contribution in [0, 0.1) is 0 Å². The zero-order valence-electron chi connectivity index (χ0n) is 28.1. The van der Waals surface area contributed by atoms with Crippen LogP contribution in [0.5, 0.6) is 11.5 Å². The van der Waals surface area contributed by atoms with E-state index in [2.05, 4.69) is 50.3 Å². The first-order valence-corrected chi connectivity index (χ1v) is 18.3. The standard InChI is InChI=1S/C36H43N7O5S/c1-24-22-43(23-25-11-14-28(46-2)15-12-25)35-33(24)34(37-30-9-4-5-10-32(30)49(44,45)41-26-7-6-8-26)39-36(40-35)38-29-16-13-27(21-31(29)47-3)42-17-19-48-20-18-42/h4-5,9-16,21,24,26,41H,6-8,17-20,22-23H2,1-3H3,(H2,37,38,39,40)/t24-/m1/s1. The molecule has 0 unspecified atom stereocenters. The highest BCUT2D eigenvalue weighted by atomic mass is 32.2. The van der Waals surface area contributed by atoms with E-state index in [1.165, 1.54) is 0 Å². The Kier molecular flexibility index (Phi) is 9.48. The molecule has 0 amide bonds. The van der Waals surface area contributed by atoms with Crippen molar-refractivity contribution in [3.63, 3.8) is 0 Å². The van der Waals surface area contributed by atoms with Gasteiger partial charge in [0.05, 0.1) is 38.8 Å². The fourth-order valence-corrected chi connectivity index (χ4v) is 8.03. The second-order valence-electron chi connectivity index (χ2n) is 12.7. The summed E-state index contributed by atoms with van der Waals surface area (Å²) in [6.07, 6.45) is 2.73. The van der Waals surface area contributed by atoms with Crippen molar-refractivity contribution in [2.45, 2.75) is 49.6 Å². The van der Waals surface area contributed by atoms with Crippen molar-refractivity contribution in [3.8, 4) is 11.5 Å². The van der Waals surface area contributed by atoms with E-state index >= 15 is 0 Å². The van der Waals surface area contributed by atoms with E-state index in [0.29, 0.717) is 48.6 Å². The van der Waals surface area contributed by atoms with E-state index in [4.69, 9.17) is 24.2 Å². The van der Waals surface area contributed by atoms with Gasteiger partial charge in [0.1, 0.15) is 28.0 Å². The van der Waals surface area contributed by atoms with Crippen LogP contribution < -0.4 is 34.6 Å². The summed E-state index contributed by atoms with van der Waals surface area (Å²) in [5, 5.41) is 6.83. The molecule has 1 saturated carbocycles. The third-order valence-corrected chi connectivity index (χ3v) is 11.0. The van der Waals surface area contributed by atoms with Crippen molar-refractivity contribution in [1.29, 1.82) is 0 Å². The van der Waals surface area contributed by atoms with Gasteiger partial charge in [-0.1, -0.05) is 37.6 Å². The maximum absolute atomic E-state index is 13.5. The summed E-state index contributed by atoms with van der Waals surface area (Å²) in [6.45, 7) is 6.49. The van der Waals surface area contributed by atoms with Gasteiger partial charge in [0.2, 0.25) is 16.0 Å². The number of nitrogens with zero attached hydrogens (tertiary/aromatic N) is 4. The van der Waals surface area contributed by atoms with Gasteiger partial charge in [-0.15, -0.1) is 0 Å². The van der Waals surface area contributed by atoms with Crippen LogP contribution in [0.1, 0.15) is 43.2 Å². The molecule has 0 radical (unpaired) electrons. The number of para-hydroxylation sites is 1. The Hall–Kier alpha value is -4.59. The second-order valence-corrected chi connectivity index (χ2v) is 14.4. The first-order valence-electron chi connectivity index (χ1n) is 16.8. The van der Waals surface area contributed by atoms with E-state index < -0.39 is 10.0 Å². The molecular weight excluding hydrogens is 643 g/mol. The number of aromatic nitrogens is 2. The van der Waals surface area contributed by atoms with E-state index in [9.17, 15) is 8.42 Å². The summed E-state index contributed by atoms with van der Waals surface area (Å²) in [4.78, 5) is 14.7. The minimum atomic E-state index is -3.76. The van der Waals surface area contributed by atoms with Gasteiger partial charge in [0.25, 0.3) is 0 Å². The minimum Gasteiger partial charge on any atom is -0.497 e. The molecule has 3 heterocycles. The normalized spacial score (nSPS) is 17.7. The summed E-state index contributed by atoms with van der Waals surface area (Å²) in [7, 11) is -0.453. The van der Waals surface area contributed by atoms with Gasteiger partial charge < -0.3 is 34.6 Å². The molecule has 0 bridgehead atoms. The summed E-state index contributed by atoms with van der Waals surface area (Å²) >= 11 is 0. The van der Waals surface area contributed by atoms with E-state index in [0.717, 1.165) is 67.3 Å². The van der Waals surface area contributed by atoms with Crippen molar-refractivity contribution in [2.24, 2.45) is 0 Å². The number of hydrogen-bond acceptors (Lipinski definition) is 11. The predicted molar refractivity (Wildman–Crippen MR) is 191 cm³/mol. The predicted octanol–water partition coefficient (Wildman–Crippen LogP) is 5.77. The zero-order chi connectivity index (χ0) is 34.0. The first kappa shape index (κ1) is 32.9. The SMILES string of the molecule is COc1ccc(CN2C[C@@H](C)c3c(Nc4ccccc4S(=O)(=O)NC4CCC4)nc(Nc4ccc(N5CCOCC5)cc4OC)nc32)cc1. The van der Waals surface area contributed by atoms with Crippen molar-refractivity contribution < 1.29 is 22.6 Å². The van der Waals surface area contributed by atoms with Crippen LogP contribution in [0.3, 0.4) is 0 Å². The molecule has 1 atom stereocenters. The molecule has 0 spiro atoms. The molecule has 3 aromatic carbocycles. The van der Waals surface area contributed by atoms with E-state index in [1.807, 2.05) is 30.3 Å². The van der Waals surface area contributed by atoms with Crippen molar-refractivity contribution in [2.75, 3.05) is 67.5 Å². The molecule has 2 aliphatic heterocycles. The van der Waals surface area contributed by atoms with Crippen molar-refractivity contribution >= 4 is 44.7 Å². The smallest absolute Gasteiger partial charge is 0.242 e. The summed E-state index contributed by atoms with van der Waals surface area (Å²) in [5.74, 6) is 3.22. The molecule has 258 valence electrons. The van der Waals surface area contributed by atoms with Gasteiger partial charge in [-0.2, -0.15) is 9.97 Å². The Bertz CT molecular complexity index is 1900. The molecule has 7 rings (SSSR count). The first-order chi connectivity index (χ1) is 23.8. The lowest BCUT2D eigenvalue weighted by Gasteiger charge is -2.29. The molecule has 1 saturated heterocycles. The minimum absolute atomic E-state index is 0.0340. The number of methoxy groups -OCH3 is 2. The van der Waals surface area contributed by atoms with Gasteiger partial charge in [-0.3, -0.25) is 0 Å². The fourth-order valence-electron chi connectivity index (χ4n) is 6.57. The largest absolute Gasteiger partial charge is 0.497 e. The lowest BCUT2D eigenvalue weighted by Crippen LogP contribution is -2.39. The monoisotopic (exact) mass is 685 g/mol. The number of anilines is 6. The third kappa shape index (κ3) is 7.10. The molecule has 4 aromatic rings. The van der Waals surface area contributed by atoms with Crippen LogP contribution >= 0.6 is 0 Å². The maximum Gasteiger partial charge on any atom is 0.242 e. The Balaban J connectivity index is 1.26. The molecule has 1 aliphatic carbocycles. The Morgan fingerprint density at radius 3 is 2.41 bits per heavy atom. The van der Waals surface area contributed by atoms with Crippen LogP contribution in [-0.4, -0.2) is 71.5 Å². The summed E-state index contributed by atoms with van der Waals surface area (Å²) in [6, 6.07) is 21.0. The van der Waals surface area contributed by atoms with Gasteiger partial charge in [0, 0.05) is 55.5 Å². The highest BCUT2D eigenvalue weighted by Crippen LogP contribution is 2.43. The lowest BCUT2D eigenvalue weighted by molar-refractivity contribution is 0.122. The van der Waals surface area contributed by atoms with Crippen LogP contribution in [0.15, 0.2) is 71.6 Å². The van der Waals surface area contributed by atoms with Crippen LogP contribution in [0.25, 0.3) is 0 Å². The van der Waals surface area contributed by atoms with Crippen LogP contribution in [0.4, 0.5) is 34.6 Å². The number of ether oxygens (including phenoxy) is 3. The number of hydrogen-bond donors (Lipinski definition) is 3. The number of morpholine rings is 1. The highest BCUT2D eigenvalue weighted by Gasteiger charge is 2.33. The quantitative estimate of drug-likeness (QED) is 0.168. The second kappa shape index (κ2) is 14.1. The Morgan fingerprint density at radius 2 is 1.69 bits per heavy atom. The van der Waals surface area contributed by atoms with Gasteiger partial charge in [-0.05, 0) is 54.8 Å². The fraction of sp³-hybridized carbons (Fsp3) is 0.389. The van der Waals surface area contributed by atoms with Crippen LogP contribution in [0.2, 0.25) is 0 Å². The molecule has 3 aliphatic rings. The van der Waals surface area contributed by atoms with Crippen molar-refractivity contribution in [3.05, 3.63) is 77.9 Å². The zero-order valence-corrected chi connectivity index (χ0v) is 28.9. The summed E-state index contributed by atoms with van der Waals surface area (Å²) in [5.41, 5.74) is 4.26. The average Bonchev–Trinajstić information content (AvgIpc) is 3.41. The average molecular weight is 686 g/mol. The Morgan fingerprint density at radius 1 is 0.918 bits per heavy atom. The molecule has 1 aromatic heterocycles. The van der Waals surface area contributed by atoms with Crippen LogP contribution in [-0.2, 0) is 21.3 Å². The van der Waals surface area contributed by atoms with Gasteiger partial charge in [0.15, 0.2) is 0 Å². The molecular formula is C36H43N7O5S. The number of benzene rings is 3. The van der Waals surface area contributed by atoms with E-state index in [1.54, 1.807) is 32.4 Å². The number of rotatable bonds is 12. The molecule has 49 heavy (non-hydrogen) atoms. The van der Waals surface area contributed by atoms with Gasteiger partial charge in [-0.25, -0.2) is 13.1 Å². The number of fused-ring (bicyclic) bond motifs is 1. The third-order valence-electron chi connectivity index (χ3n) is 9.41. The molecule has 13 heteroatoms. The number of nitrogens with one attached hydrogen (secondary N) is 3. The molecule has 12 nitrogen and oxygen atoms in total. The number of sulfonamides is 1. The molecule has 3 N–H and O–H groups in total. The Labute approximate surface area is 287 Å². The lowest BCUT2D eigenvalue weighted by atomic mass is 9.94. The van der Waals surface area contributed by atoms with E-state index in [-0.39, 0.29) is 16.9 Å². The topological polar surface area (TPSA) is 130 Å². The maximum atomic E-state index is 13.5. The summed E-state index contributed by atoms with van der Waals surface area (Å²) < 4.78 is 46.6. The highest BCUT2D eigenvalue weighted by molar-refractivity contribution is 7.89.